The maximum Gasteiger partial charge on any atom is 0.138 e. The molecule has 0 spiro atoms. The third kappa shape index (κ3) is 2.38. The lowest BCUT2D eigenvalue weighted by Crippen LogP contribution is -2.23. The van der Waals surface area contributed by atoms with Crippen LogP contribution in [0.5, 0.6) is 0 Å². The first-order valence-electron chi connectivity index (χ1n) is 5.57. The van der Waals surface area contributed by atoms with Crippen molar-refractivity contribution in [2.45, 2.75) is 12.5 Å². The molecule has 0 aliphatic heterocycles. The predicted molar refractivity (Wildman–Crippen MR) is 62.9 cm³/mol. The standard InChI is InChI=1S/C12H14F2N4/c1-15-10(6-11-16-7-17-18(11)2)12-8(13)4-3-5-9(12)14/h3-5,7,10,15H,6H2,1-2H3. The fraction of sp³-hybridized carbons (Fsp3) is 0.333. The molecule has 0 saturated heterocycles. The second-order valence-corrected chi connectivity index (χ2v) is 3.98. The van der Waals surface area contributed by atoms with Crippen molar-refractivity contribution in [3.63, 3.8) is 0 Å². The van der Waals surface area contributed by atoms with Crippen LogP contribution in [-0.2, 0) is 13.5 Å². The summed E-state index contributed by atoms with van der Waals surface area (Å²) in [4.78, 5) is 4.06. The summed E-state index contributed by atoms with van der Waals surface area (Å²) in [5, 5.41) is 6.84. The van der Waals surface area contributed by atoms with Gasteiger partial charge in [0.15, 0.2) is 0 Å². The highest BCUT2D eigenvalue weighted by Crippen LogP contribution is 2.23. The number of aromatic nitrogens is 3. The first-order valence-corrected chi connectivity index (χ1v) is 5.57. The van der Waals surface area contributed by atoms with E-state index in [0.29, 0.717) is 12.2 Å². The molecule has 1 aromatic carbocycles. The van der Waals surface area contributed by atoms with Crippen LogP contribution in [0.25, 0.3) is 0 Å². The van der Waals surface area contributed by atoms with Gasteiger partial charge in [0.25, 0.3) is 0 Å². The minimum atomic E-state index is -0.559. The van der Waals surface area contributed by atoms with Crippen LogP contribution in [0.3, 0.4) is 0 Å². The second kappa shape index (κ2) is 5.22. The summed E-state index contributed by atoms with van der Waals surface area (Å²) in [6.07, 6.45) is 1.78. The molecular weight excluding hydrogens is 238 g/mol. The van der Waals surface area contributed by atoms with Crippen molar-refractivity contribution in [2.75, 3.05) is 7.05 Å². The molecule has 1 heterocycles. The Hall–Kier alpha value is -1.82. The second-order valence-electron chi connectivity index (χ2n) is 3.98. The van der Waals surface area contributed by atoms with E-state index in [1.54, 1.807) is 18.8 Å². The van der Waals surface area contributed by atoms with Gasteiger partial charge in [0.05, 0.1) is 0 Å². The van der Waals surface area contributed by atoms with E-state index in [-0.39, 0.29) is 5.56 Å². The van der Waals surface area contributed by atoms with Gasteiger partial charge >= 0.3 is 0 Å². The van der Waals surface area contributed by atoms with Crippen molar-refractivity contribution in [2.24, 2.45) is 7.05 Å². The lowest BCUT2D eigenvalue weighted by atomic mass is 10.0. The van der Waals surface area contributed by atoms with Crippen molar-refractivity contribution in [3.8, 4) is 0 Å². The lowest BCUT2D eigenvalue weighted by molar-refractivity contribution is 0.477. The maximum absolute atomic E-state index is 13.7. The fourth-order valence-electron chi connectivity index (χ4n) is 1.88. The average Bonchev–Trinajstić information content (AvgIpc) is 2.73. The number of likely N-dealkylation sites (N-methyl/N-ethyl adjacent to an activating group) is 1. The summed E-state index contributed by atoms with van der Waals surface area (Å²) in [5.41, 5.74) is 0.0306. The molecule has 0 bridgehead atoms. The summed E-state index contributed by atoms with van der Waals surface area (Å²) < 4.78 is 29.0. The van der Waals surface area contributed by atoms with Crippen molar-refractivity contribution >= 4 is 0 Å². The first kappa shape index (κ1) is 12.6. The summed E-state index contributed by atoms with van der Waals surface area (Å²) in [6, 6.07) is 3.37. The van der Waals surface area contributed by atoms with Crippen LogP contribution in [0.1, 0.15) is 17.4 Å². The third-order valence-electron chi connectivity index (χ3n) is 2.89. The number of halogens is 2. The third-order valence-corrected chi connectivity index (χ3v) is 2.89. The Kier molecular flexibility index (Phi) is 3.66. The van der Waals surface area contributed by atoms with Gasteiger partial charge in [-0.1, -0.05) is 6.07 Å². The maximum atomic E-state index is 13.7. The number of rotatable bonds is 4. The van der Waals surface area contributed by atoms with E-state index in [4.69, 9.17) is 0 Å². The Bertz CT molecular complexity index is 518. The van der Waals surface area contributed by atoms with Crippen LogP contribution in [0.15, 0.2) is 24.5 Å². The molecule has 0 aliphatic rings. The van der Waals surface area contributed by atoms with Crippen LogP contribution < -0.4 is 5.32 Å². The SMILES string of the molecule is CNC(Cc1ncnn1C)c1c(F)cccc1F. The lowest BCUT2D eigenvalue weighted by Gasteiger charge is -2.17. The Morgan fingerprint density at radius 2 is 2.00 bits per heavy atom. The van der Waals surface area contributed by atoms with E-state index < -0.39 is 17.7 Å². The van der Waals surface area contributed by atoms with Crippen LogP contribution in [-0.4, -0.2) is 21.8 Å². The van der Waals surface area contributed by atoms with Crippen LogP contribution in [0.4, 0.5) is 8.78 Å². The summed E-state index contributed by atoms with van der Waals surface area (Å²) in [5.74, 6) is -0.454. The van der Waals surface area contributed by atoms with Crippen LogP contribution in [0, 0.1) is 11.6 Å². The first-order chi connectivity index (χ1) is 8.63. The highest BCUT2D eigenvalue weighted by atomic mass is 19.1. The van der Waals surface area contributed by atoms with Gasteiger partial charge in [-0.3, -0.25) is 4.68 Å². The van der Waals surface area contributed by atoms with E-state index in [1.165, 1.54) is 24.5 Å². The summed E-state index contributed by atoms with van der Waals surface area (Å²) in [7, 11) is 3.40. The number of benzene rings is 1. The molecule has 18 heavy (non-hydrogen) atoms. The molecule has 2 rings (SSSR count). The van der Waals surface area contributed by atoms with Crippen molar-refractivity contribution in [1.29, 1.82) is 0 Å². The molecule has 1 aromatic heterocycles. The molecule has 0 radical (unpaired) electrons. The van der Waals surface area contributed by atoms with E-state index in [9.17, 15) is 8.78 Å². The van der Waals surface area contributed by atoms with Crippen LogP contribution in [0.2, 0.25) is 0 Å². The van der Waals surface area contributed by atoms with Crippen LogP contribution >= 0.6 is 0 Å². The van der Waals surface area contributed by atoms with Gasteiger partial charge in [-0.2, -0.15) is 5.10 Å². The summed E-state index contributed by atoms with van der Waals surface area (Å²) in [6.45, 7) is 0. The zero-order chi connectivity index (χ0) is 13.1. The zero-order valence-electron chi connectivity index (χ0n) is 10.2. The van der Waals surface area contributed by atoms with Gasteiger partial charge in [-0.15, -0.1) is 0 Å². The highest BCUT2D eigenvalue weighted by molar-refractivity contribution is 5.24. The smallest absolute Gasteiger partial charge is 0.138 e. The minimum absolute atomic E-state index is 0.0306. The van der Waals surface area contributed by atoms with E-state index in [2.05, 4.69) is 15.4 Å². The molecule has 96 valence electrons. The molecule has 0 fully saturated rings. The van der Waals surface area contributed by atoms with Crippen molar-refractivity contribution in [3.05, 3.63) is 47.5 Å². The average molecular weight is 252 g/mol. The topological polar surface area (TPSA) is 42.7 Å². The normalized spacial score (nSPS) is 12.7. The molecule has 1 atom stereocenters. The van der Waals surface area contributed by atoms with Gasteiger partial charge in [0, 0.05) is 25.1 Å². The number of hydrogen-bond donors (Lipinski definition) is 1. The molecular formula is C12H14F2N4. The molecule has 2 aromatic rings. The monoisotopic (exact) mass is 252 g/mol. The van der Waals surface area contributed by atoms with Gasteiger partial charge in [0.2, 0.25) is 0 Å². The number of hydrogen-bond acceptors (Lipinski definition) is 3. The summed E-state index contributed by atoms with van der Waals surface area (Å²) >= 11 is 0. The quantitative estimate of drug-likeness (QED) is 0.898. The number of aryl methyl sites for hydroxylation is 1. The number of nitrogens with one attached hydrogen (secondary N) is 1. The van der Waals surface area contributed by atoms with E-state index in [1.807, 2.05) is 0 Å². The molecule has 0 amide bonds. The Morgan fingerprint density at radius 3 is 2.50 bits per heavy atom. The zero-order valence-corrected chi connectivity index (χ0v) is 10.2. The largest absolute Gasteiger partial charge is 0.312 e. The molecule has 1 unspecified atom stereocenters. The highest BCUT2D eigenvalue weighted by Gasteiger charge is 2.20. The molecule has 1 N–H and O–H groups in total. The molecule has 0 aliphatic carbocycles. The molecule has 6 heteroatoms. The predicted octanol–water partition coefficient (Wildman–Crippen LogP) is 1.60. The minimum Gasteiger partial charge on any atom is -0.312 e. The van der Waals surface area contributed by atoms with E-state index >= 15 is 0 Å². The Labute approximate surface area is 104 Å². The van der Waals surface area contributed by atoms with Crippen molar-refractivity contribution in [1.82, 2.24) is 20.1 Å². The van der Waals surface area contributed by atoms with Gasteiger partial charge in [-0.05, 0) is 19.2 Å². The van der Waals surface area contributed by atoms with Gasteiger partial charge in [-0.25, -0.2) is 13.8 Å². The fourth-order valence-corrected chi connectivity index (χ4v) is 1.88. The van der Waals surface area contributed by atoms with E-state index in [0.717, 1.165) is 0 Å². The number of nitrogens with zero attached hydrogens (tertiary/aromatic N) is 3. The van der Waals surface area contributed by atoms with Gasteiger partial charge in [0.1, 0.15) is 23.8 Å². The molecule has 4 nitrogen and oxygen atoms in total. The Morgan fingerprint density at radius 1 is 1.33 bits per heavy atom. The van der Waals surface area contributed by atoms with Crippen molar-refractivity contribution < 1.29 is 8.78 Å². The Balaban J connectivity index is 2.32. The van der Waals surface area contributed by atoms with Gasteiger partial charge < -0.3 is 5.32 Å². The molecule has 0 saturated carbocycles.